The van der Waals surface area contributed by atoms with Gasteiger partial charge in [-0.2, -0.15) is 5.10 Å². The number of halogens is 2. The maximum atomic E-state index is 13.3. The molecule has 204 valence electrons. The van der Waals surface area contributed by atoms with Crippen molar-refractivity contribution in [3.8, 4) is 0 Å². The van der Waals surface area contributed by atoms with E-state index in [1.165, 1.54) is 15.8 Å². The second-order valence-electron chi connectivity index (χ2n) is 9.43. The molecule has 0 saturated heterocycles. The summed E-state index contributed by atoms with van der Waals surface area (Å²) < 4.78 is 27.4. The fourth-order valence-electron chi connectivity index (χ4n) is 4.71. The van der Waals surface area contributed by atoms with Crippen LogP contribution in [0.1, 0.15) is 23.6 Å². The number of benzene rings is 2. The van der Waals surface area contributed by atoms with Crippen LogP contribution in [0, 0.1) is 6.92 Å². The van der Waals surface area contributed by atoms with E-state index in [1.54, 1.807) is 29.2 Å². The largest absolute Gasteiger partial charge is 0.315 e. The van der Waals surface area contributed by atoms with Crippen molar-refractivity contribution in [2.75, 3.05) is 44.7 Å². The third-order valence-corrected chi connectivity index (χ3v) is 6.79. The second-order valence-corrected chi connectivity index (χ2v) is 9.43. The molecule has 2 amide bonds. The summed E-state index contributed by atoms with van der Waals surface area (Å²) in [6.07, 6.45) is -0.981. The summed E-state index contributed by atoms with van der Waals surface area (Å²) >= 11 is 0. The number of hydrogen-bond acceptors (Lipinski definition) is 6. The van der Waals surface area contributed by atoms with Crippen molar-refractivity contribution >= 4 is 28.4 Å². The molecule has 0 unspecified atom stereocenters. The maximum Gasteiger partial charge on any atom is 0.257 e. The Morgan fingerprint density at radius 3 is 2.42 bits per heavy atom. The molecule has 2 heterocycles. The normalized spacial score (nSPS) is 13.3. The highest BCUT2D eigenvalue weighted by Gasteiger charge is 2.25. The van der Waals surface area contributed by atoms with Gasteiger partial charge in [0.1, 0.15) is 6.54 Å². The van der Waals surface area contributed by atoms with Crippen LogP contribution in [0.3, 0.4) is 0 Å². The zero-order valence-corrected chi connectivity index (χ0v) is 22.1. The molecule has 38 heavy (non-hydrogen) atoms. The number of fused-ring (bicyclic) bond motifs is 2. The van der Waals surface area contributed by atoms with Gasteiger partial charge in [-0.25, -0.2) is 13.8 Å². The summed E-state index contributed by atoms with van der Waals surface area (Å²) in [7, 11) is 1.74. The molecule has 0 radical (unpaired) electrons. The monoisotopic (exact) mass is 527 g/mol. The van der Waals surface area contributed by atoms with Gasteiger partial charge in [-0.15, -0.1) is 0 Å². The van der Waals surface area contributed by atoms with E-state index < -0.39 is 13.0 Å². The molecular formula is C27H35F2N7O2. The molecule has 1 aliphatic heterocycles. The first kappa shape index (κ1) is 27.6. The highest BCUT2D eigenvalue weighted by atomic mass is 19.3. The van der Waals surface area contributed by atoms with Crippen molar-refractivity contribution in [2.24, 2.45) is 0 Å². The number of anilines is 1. The number of likely N-dealkylation sites (N-methyl/N-ethyl adjacent to an activating group) is 2. The Bertz CT molecular complexity index is 1250. The maximum absolute atomic E-state index is 13.3. The fourth-order valence-corrected chi connectivity index (χ4v) is 4.71. The lowest BCUT2D eigenvalue weighted by atomic mass is 10.1. The minimum atomic E-state index is -2.54. The van der Waals surface area contributed by atoms with Crippen LogP contribution in [0.25, 0.3) is 10.9 Å². The summed E-state index contributed by atoms with van der Waals surface area (Å²) in [4.78, 5) is 27.8. The summed E-state index contributed by atoms with van der Waals surface area (Å²) in [5.74, 6) is -0.354. The van der Waals surface area contributed by atoms with Crippen molar-refractivity contribution in [3.05, 3.63) is 59.3 Å². The molecule has 2 N–H and O–H groups in total. The Morgan fingerprint density at radius 1 is 1.08 bits per heavy atom. The summed E-state index contributed by atoms with van der Waals surface area (Å²) in [6, 6.07) is 11.7. The molecule has 0 spiro atoms. The molecule has 1 aromatic heterocycles. The number of carbonyl (C=O) groups is 2. The quantitative estimate of drug-likeness (QED) is 0.352. The van der Waals surface area contributed by atoms with Crippen molar-refractivity contribution in [3.63, 3.8) is 0 Å². The molecule has 0 atom stereocenters. The van der Waals surface area contributed by atoms with Gasteiger partial charge >= 0.3 is 0 Å². The van der Waals surface area contributed by atoms with Crippen LogP contribution in [0.4, 0.5) is 14.5 Å². The van der Waals surface area contributed by atoms with Crippen LogP contribution in [-0.4, -0.2) is 77.8 Å². The lowest BCUT2D eigenvalue weighted by Crippen LogP contribution is -2.47. The lowest BCUT2D eigenvalue weighted by Gasteiger charge is -2.28. The number of rotatable bonds is 12. The predicted molar refractivity (Wildman–Crippen MR) is 143 cm³/mol. The fraction of sp³-hybridized carbons (Fsp3) is 0.444. The number of alkyl halides is 2. The average molecular weight is 528 g/mol. The van der Waals surface area contributed by atoms with Crippen molar-refractivity contribution in [2.45, 2.75) is 39.9 Å². The molecule has 1 aliphatic rings. The van der Waals surface area contributed by atoms with Crippen molar-refractivity contribution < 1.29 is 18.4 Å². The predicted octanol–water partition coefficient (Wildman–Crippen LogP) is 2.53. The van der Waals surface area contributed by atoms with Crippen LogP contribution in [0.2, 0.25) is 0 Å². The van der Waals surface area contributed by atoms with E-state index in [4.69, 9.17) is 0 Å². The van der Waals surface area contributed by atoms with Crippen LogP contribution >= 0.6 is 0 Å². The number of carbonyl (C=O) groups excluding carboxylic acids is 2. The van der Waals surface area contributed by atoms with Gasteiger partial charge < -0.3 is 10.2 Å². The number of aryl methyl sites for hydroxylation is 1. The van der Waals surface area contributed by atoms with Gasteiger partial charge in [-0.3, -0.25) is 24.6 Å². The Hall–Kier alpha value is -3.41. The Morgan fingerprint density at radius 2 is 1.76 bits per heavy atom. The topological polar surface area (TPSA) is 85.7 Å². The molecular weight excluding hydrogens is 492 g/mol. The van der Waals surface area contributed by atoms with E-state index in [9.17, 15) is 18.4 Å². The van der Waals surface area contributed by atoms with Gasteiger partial charge in [0.2, 0.25) is 5.91 Å². The molecule has 3 aromatic rings. The van der Waals surface area contributed by atoms with E-state index in [-0.39, 0.29) is 24.9 Å². The summed E-state index contributed by atoms with van der Waals surface area (Å²) in [5.41, 5.74) is 4.42. The first-order valence-electron chi connectivity index (χ1n) is 12.8. The minimum absolute atomic E-state index is 0.00924. The number of nitrogens with zero attached hydrogens (tertiary/aromatic N) is 5. The van der Waals surface area contributed by atoms with E-state index in [2.05, 4.69) is 27.9 Å². The molecule has 4 rings (SSSR count). The van der Waals surface area contributed by atoms with Crippen LogP contribution in [0.5, 0.6) is 0 Å². The molecule has 11 heteroatoms. The molecule has 0 aliphatic carbocycles. The third-order valence-electron chi connectivity index (χ3n) is 6.79. The average Bonchev–Trinajstić information content (AvgIpc) is 3.49. The third kappa shape index (κ3) is 6.35. The second kappa shape index (κ2) is 12.4. The first-order valence-corrected chi connectivity index (χ1v) is 12.8. The molecule has 0 bridgehead atoms. The Kier molecular flexibility index (Phi) is 9.03. The summed E-state index contributed by atoms with van der Waals surface area (Å²) in [5, 5.41) is 14.6. The Labute approximate surface area is 221 Å². The summed E-state index contributed by atoms with van der Waals surface area (Å²) in [6.45, 7) is 6.35. The number of nitrogens with one attached hydrogen (secondary N) is 2. The van der Waals surface area contributed by atoms with Crippen LogP contribution < -0.4 is 15.5 Å². The minimum Gasteiger partial charge on any atom is -0.315 e. The number of aromatic nitrogens is 2. The molecule has 0 saturated carbocycles. The smallest absolute Gasteiger partial charge is 0.257 e. The highest BCUT2D eigenvalue weighted by molar-refractivity contribution is 5.98. The van der Waals surface area contributed by atoms with Gasteiger partial charge in [-0.05, 0) is 42.3 Å². The van der Waals surface area contributed by atoms with Crippen molar-refractivity contribution in [1.82, 2.24) is 30.4 Å². The van der Waals surface area contributed by atoms with E-state index >= 15 is 0 Å². The van der Waals surface area contributed by atoms with Gasteiger partial charge in [0, 0.05) is 44.3 Å². The van der Waals surface area contributed by atoms with Gasteiger partial charge in [0.15, 0.2) is 0 Å². The van der Waals surface area contributed by atoms with E-state index in [1.807, 2.05) is 37.1 Å². The SMILES string of the molecule is CCNCCN(C(=O)CNCC(=O)N(C)N1Cc2ccccc2C1)c1cc2c(cnn2CC(F)F)cc1C. The number of hydrazine groups is 1. The van der Waals surface area contributed by atoms with Gasteiger partial charge in [0.05, 0.1) is 24.8 Å². The first-order chi connectivity index (χ1) is 18.3. The van der Waals surface area contributed by atoms with Gasteiger partial charge in [0.25, 0.3) is 12.3 Å². The lowest BCUT2D eigenvalue weighted by molar-refractivity contribution is -0.145. The van der Waals surface area contributed by atoms with Crippen molar-refractivity contribution in [1.29, 1.82) is 0 Å². The zero-order valence-electron chi connectivity index (χ0n) is 22.1. The van der Waals surface area contributed by atoms with E-state index in [0.717, 1.165) is 17.5 Å². The van der Waals surface area contributed by atoms with Gasteiger partial charge in [-0.1, -0.05) is 31.2 Å². The molecule has 0 fully saturated rings. The molecule has 2 aromatic carbocycles. The zero-order chi connectivity index (χ0) is 27.2. The highest BCUT2D eigenvalue weighted by Crippen LogP contribution is 2.27. The van der Waals surface area contributed by atoms with Crippen LogP contribution in [0.15, 0.2) is 42.6 Å². The molecule has 9 nitrogen and oxygen atoms in total. The Balaban J connectivity index is 1.41. The standard InChI is InChI=1S/C27H35F2N7O2/c1-4-30-9-10-35(23-12-24-22(11-19(23)2)13-32-36(24)18-25(28)29)27(38)15-31-14-26(37)33(3)34-16-20-7-5-6-8-21(20)17-34/h5-8,11-13,25,30-31H,4,9-10,14-18H2,1-3H3. The number of amides is 2. The number of hydrogen-bond donors (Lipinski definition) is 2. The van der Waals surface area contributed by atoms with E-state index in [0.29, 0.717) is 37.4 Å². The van der Waals surface area contributed by atoms with Crippen LogP contribution in [-0.2, 0) is 29.2 Å².